The van der Waals surface area contributed by atoms with E-state index in [1.807, 2.05) is 0 Å². The predicted molar refractivity (Wildman–Crippen MR) is 125 cm³/mol. The third kappa shape index (κ3) is 17.3. The Kier molecular flexibility index (Phi) is 20.4. The van der Waals surface area contributed by atoms with Crippen molar-refractivity contribution in [3.05, 3.63) is 89.8 Å². The molecule has 0 saturated carbocycles. The average Bonchev–Trinajstić information content (AvgIpc) is 2.86. The molecule has 0 aromatic carbocycles. The van der Waals surface area contributed by atoms with Crippen molar-refractivity contribution < 1.29 is 50.5 Å². The largest absolute Gasteiger partial charge is 2.00 e. The van der Waals surface area contributed by atoms with Crippen LogP contribution in [0.2, 0.25) is 0 Å². The van der Waals surface area contributed by atoms with E-state index in [-0.39, 0.29) is 19.5 Å². The Bertz CT molecular complexity index is 963. The third-order valence-corrected chi connectivity index (χ3v) is 3.58. The van der Waals surface area contributed by atoms with Gasteiger partial charge in [-0.15, -0.1) is 0 Å². The molecule has 19 heteroatoms. The van der Waals surface area contributed by atoms with Gasteiger partial charge in [0, 0.05) is 0 Å². The summed E-state index contributed by atoms with van der Waals surface area (Å²) in [5.74, 6) is 0. The molecule has 0 bridgehead atoms. The van der Waals surface area contributed by atoms with E-state index in [0.717, 1.165) is 0 Å². The summed E-state index contributed by atoms with van der Waals surface area (Å²) in [7, 11) is 0. The van der Waals surface area contributed by atoms with Crippen molar-refractivity contribution in [2.75, 3.05) is 0 Å². The summed E-state index contributed by atoms with van der Waals surface area (Å²) in [5, 5.41) is 75.8. The molecular weight excluding hydrogens is 554 g/mol. The van der Waals surface area contributed by atoms with Gasteiger partial charge in [0.1, 0.15) is 22.8 Å². The normalized spacial score (nSPS) is 11.1. The monoisotopic (exact) mass is 574 g/mol. The molecule has 196 valence electrons. The van der Waals surface area contributed by atoms with E-state index in [1.165, 1.54) is 0 Å². The topological polar surface area (TPSA) is 289 Å². The fourth-order valence-electron chi connectivity index (χ4n) is 1.88. The van der Waals surface area contributed by atoms with Crippen LogP contribution >= 0.6 is 0 Å². The van der Waals surface area contributed by atoms with Crippen LogP contribution < -0.4 is 0 Å². The minimum atomic E-state index is -1.75. The van der Waals surface area contributed by atoms with Crippen LogP contribution in [0, 0.1) is 30.6 Å². The second-order valence-electron chi connectivity index (χ2n) is 6.00. The Hall–Kier alpha value is -4.80. The van der Waals surface area contributed by atoms with Crippen LogP contribution in [0.3, 0.4) is 0 Å². The summed E-state index contributed by atoms with van der Waals surface area (Å²) >= 11 is 0. The van der Waals surface area contributed by atoms with Gasteiger partial charge < -0.3 is 51.5 Å². The summed E-state index contributed by atoms with van der Waals surface area (Å²) in [4.78, 5) is 24.8. The van der Waals surface area contributed by atoms with Crippen molar-refractivity contribution >= 4 is 22.8 Å². The SMILES string of the molecule is C/C(=N\O)c1cccc(/C(C)=N/O)n1.C/C(=N\O)c1cccc(/C(C)=N/O)n1.O=[N+]([O-])[O-].O=[N+]([O-])[O-].[Zn+2]. The molecule has 0 fully saturated rings. The Morgan fingerprint density at radius 2 is 0.757 bits per heavy atom. The molecule has 37 heavy (non-hydrogen) atoms. The quantitative estimate of drug-likeness (QED) is 0.134. The molecule has 0 radical (unpaired) electrons. The van der Waals surface area contributed by atoms with Gasteiger partial charge in [-0.2, -0.15) is 0 Å². The third-order valence-electron chi connectivity index (χ3n) is 3.58. The molecule has 4 N–H and O–H groups in total. The van der Waals surface area contributed by atoms with Gasteiger partial charge in [-0.3, -0.25) is 0 Å². The molecule has 0 saturated heterocycles. The molecule has 18 nitrogen and oxygen atoms in total. The molecule has 2 rings (SSSR count). The number of aromatic nitrogens is 2. The first-order valence-corrected chi connectivity index (χ1v) is 9.17. The number of rotatable bonds is 4. The number of oxime groups is 4. The van der Waals surface area contributed by atoms with Gasteiger partial charge >= 0.3 is 19.5 Å². The summed E-state index contributed by atoms with van der Waals surface area (Å²) < 4.78 is 0. The van der Waals surface area contributed by atoms with Crippen molar-refractivity contribution in [2.45, 2.75) is 27.7 Å². The molecule has 2 heterocycles. The standard InChI is InChI=1S/2C9H11N3O2.2NO3.Zn/c2*1-6(11-13)8-4-3-5-9(10-8)7(2)12-14;2*2-1(3)4;/h2*3-5,13-14H,1-2H3;;;/q;;2*-1;+2/b2*11-6+,12-7+;;;. The van der Waals surface area contributed by atoms with E-state index in [2.05, 4.69) is 30.6 Å². The number of pyridine rings is 2. The fraction of sp³-hybridized carbons (Fsp3) is 0.222. The number of nitrogens with zero attached hydrogens (tertiary/aromatic N) is 8. The van der Waals surface area contributed by atoms with E-state index in [0.29, 0.717) is 45.6 Å². The Morgan fingerprint density at radius 3 is 0.892 bits per heavy atom. The Balaban J connectivity index is -0.000000476. The first kappa shape index (κ1) is 36.8. The molecule has 0 spiro atoms. The van der Waals surface area contributed by atoms with Crippen LogP contribution in [0.1, 0.15) is 50.5 Å². The van der Waals surface area contributed by atoms with Crippen molar-refractivity contribution in [3.63, 3.8) is 0 Å². The maximum atomic E-state index is 8.54. The van der Waals surface area contributed by atoms with Crippen LogP contribution in [0.15, 0.2) is 57.0 Å². The maximum Gasteiger partial charge on any atom is 2.00 e. The smallest absolute Gasteiger partial charge is 0.411 e. The zero-order valence-corrected chi connectivity index (χ0v) is 23.0. The molecular formula is C18H22N8O10Zn. The molecule has 0 amide bonds. The minimum absolute atomic E-state index is 0. The van der Waals surface area contributed by atoms with Gasteiger partial charge in [0.25, 0.3) is 0 Å². The van der Waals surface area contributed by atoms with Crippen LogP contribution in [0.4, 0.5) is 0 Å². The number of hydrogen-bond donors (Lipinski definition) is 4. The zero-order chi connectivity index (χ0) is 28.3. The zero-order valence-electron chi connectivity index (χ0n) is 20.0. The molecule has 0 aliphatic rings. The van der Waals surface area contributed by atoms with E-state index in [4.69, 9.17) is 51.5 Å². The Morgan fingerprint density at radius 1 is 0.595 bits per heavy atom. The van der Waals surface area contributed by atoms with E-state index < -0.39 is 10.2 Å². The van der Waals surface area contributed by atoms with Gasteiger partial charge in [-0.1, -0.05) is 32.8 Å². The van der Waals surface area contributed by atoms with Crippen molar-refractivity contribution in [3.8, 4) is 0 Å². The van der Waals surface area contributed by atoms with Gasteiger partial charge in [-0.25, -0.2) is 9.97 Å². The Labute approximate surface area is 221 Å². The fourth-order valence-corrected chi connectivity index (χ4v) is 1.88. The van der Waals surface area contributed by atoms with Crippen molar-refractivity contribution in [1.82, 2.24) is 9.97 Å². The minimum Gasteiger partial charge on any atom is -0.411 e. The van der Waals surface area contributed by atoms with E-state index in [9.17, 15) is 0 Å². The first-order valence-electron chi connectivity index (χ1n) is 9.17. The van der Waals surface area contributed by atoms with Gasteiger partial charge in [0.2, 0.25) is 0 Å². The summed E-state index contributed by atoms with van der Waals surface area (Å²) in [6.07, 6.45) is 0. The van der Waals surface area contributed by atoms with E-state index >= 15 is 0 Å². The molecule has 2 aromatic heterocycles. The molecule has 0 unspecified atom stereocenters. The van der Waals surface area contributed by atoms with Gasteiger partial charge in [-0.05, 0) is 52.0 Å². The van der Waals surface area contributed by atoms with Crippen molar-refractivity contribution in [1.29, 1.82) is 0 Å². The first-order chi connectivity index (χ1) is 16.8. The molecule has 0 aliphatic carbocycles. The van der Waals surface area contributed by atoms with Gasteiger partial charge in [0.15, 0.2) is 0 Å². The molecule has 2 aromatic rings. The van der Waals surface area contributed by atoms with Crippen molar-refractivity contribution in [2.24, 2.45) is 20.6 Å². The maximum absolute atomic E-state index is 8.54. The van der Waals surface area contributed by atoms with Crippen LogP contribution in [0.5, 0.6) is 0 Å². The second kappa shape index (κ2) is 20.6. The summed E-state index contributed by atoms with van der Waals surface area (Å²) in [5.41, 5.74) is 3.85. The van der Waals surface area contributed by atoms with Crippen LogP contribution in [-0.4, -0.2) is 63.8 Å². The predicted octanol–water partition coefficient (Wildman–Crippen LogP) is 2.48. The van der Waals surface area contributed by atoms with Crippen LogP contribution in [0.25, 0.3) is 0 Å². The van der Waals surface area contributed by atoms with Gasteiger partial charge in [0.05, 0.1) is 32.9 Å². The average molecular weight is 576 g/mol. The summed E-state index contributed by atoms with van der Waals surface area (Å²) in [6.45, 7) is 6.55. The second-order valence-corrected chi connectivity index (χ2v) is 6.00. The number of hydrogen-bond acceptors (Lipinski definition) is 16. The molecule has 0 atom stereocenters. The van der Waals surface area contributed by atoms with E-state index in [1.54, 1.807) is 64.1 Å². The molecule has 0 aliphatic heterocycles. The summed E-state index contributed by atoms with van der Waals surface area (Å²) in [6, 6.07) is 10.3. The van der Waals surface area contributed by atoms with Crippen LogP contribution in [-0.2, 0) is 19.5 Å².